The number of rotatable bonds is 13. The normalized spacial score (nSPS) is 22.7. The van der Waals surface area contributed by atoms with Gasteiger partial charge in [-0.3, -0.25) is 18.7 Å². The summed E-state index contributed by atoms with van der Waals surface area (Å²) in [5.74, 6) is -2.20. The van der Waals surface area contributed by atoms with Gasteiger partial charge in [0.2, 0.25) is 11.6 Å². The summed E-state index contributed by atoms with van der Waals surface area (Å²) in [6.07, 6.45) is -5.94. The van der Waals surface area contributed by atoms with E-state index in [1.165, 1.54) is 12.1 Å². The average molecular weight is 583 g/mol. The van der Waals surface area contributed by atoms with Crippen LogP contribution >= 0.6 is 7.75 Å². The molecule has 6 atom stereocenters. The fourth-order valence-electron chi connectivity index (χ4n) is 3.67. The number of aromatic hydroxyl groups is 1. The van der Waals surface area contributed by atoms with Crippen molar-refractivity contribution in [2.45, 2.75) is 63.9 Å². The smallest absolute Gasteiger partial charge is 0.459 e. The van der Waals surface area contributed by atoms with Crippen molar-refractivity contribution < 1.29 is 52.7 Å². The molecule has 218 valence electrons. The zero-order valence-corrected chi connectivity index (χ0v) is 22.8. The maximum atomic E-state index is 13.9. The lowest BCUT2D eigenvalue weighted by atomic mass is 10.1. The Labute approximate surface area is 229 Å². The Kier molecular flexibility index (Phi) is 10.6. The van der Waals surface area contributed by atoms with Crippen LogP contribution in [0.5, 0.6) is 11.6 Å². The van der Waals surface area contributed by atoms with Gasteiger partial charge in [-0.15, -0.1) is 0 Å². The Bertz CT molecular complexity index is 1250. The van der Waals surface area contributed by atoms with E-state index in [2.05, 4.69) is 10.1 Å². The van der Waals surface area contributed by atoms with Crippen LogP contribution in [0.3, 0.4) is 0 Å². The van der Waals surface area contributed by atoms with E-state index < -0.39 is 75.3 Å². The molecule has 0 bridgehead atoms. The predicted molar refractivity (Wildman–Crippen MR) is 135 cm³/mol. The minimum absolute atomic E-state index is 0.0438. The van der Waals surface area contributed by atoms with Gasteiger partial charge in [0.05, 0.1) is 25.7 Å². The van der Waals surface area contributed by atoms with Crippen molar-refractivity contribution in [2.75, 3.05) is 13.2 Å². The number of benzene rings is 1. The van der Waals surface area contributed by atoms with Crippen molar-refractivity contribution in [1.82, 2.24) is 14.6 Å². The second kappa shape index (κ2) is 13.7. The van der Waals surface area contributed by atoms with Gasteiger partial charge in [0.25, 0.3) is 0 Å². The monoisotopic (exact) mass is 582 g/mol. The molecule has 1 aromatic heterocycles. The topological polar surface area (TPSA) is 212 Å². The summed E-state index contributed by atoms with van der Waals surface area (Å²) in [4.78, 5) is 28.6. The number of esters is 2. The number of ether oxygens (including phenoxy) is 3. The number of imidazole rings is 1. The molecule has 0 radical (unpaired) electrons. The van der Waals surface area contributed by atoms with Crippen LogP contribution in [0, 0.1) is 11.3 Å². The van der Waals surface area contributed by atoms with Crippen LogP contribution in [0.15, 0.2) is 36.7 Å². The molecule has 1 aromatic carbocycles. The molecular formula is C24H31N4O11P. The fourth-order valence-corrected chi connectivity index (χ4v) is 5.17. The van der Waals surface area contributed by atoms with Crippen LogP contribution < -0.4 is 9.61 Å². The first-order chi connectivity index (χ1) is 19.0. The molecule has 0 saturated carbocycles. The van der Waals surface area contributed by atoms with Crippen LogP contribution in [0.1, 0.15) is 39.1 Å². The van der Waals surface area contributed by atoms with E-state index in [0.29, 0.717) is 0 Å². The van der Waals surface area contributed by atoms with E-state index in [-0.39, 0.29) is 18.1 Å². The van der Waals surface area contributed by atoms with Gasteiger partial charge in [-0.1, -0.05) is 18.2 Å². The van der Waals surface area contributed by atoms with Gasteiger partial charge in [-0.2, -0.15) is 10.3 Å². The summed E-state index contributed by atoms with van der Waals surface area (Å²) < 4.78 is 41.7. The second-order valence-corrected chi connectivity index (χ2v) is 10.6. The SMILES string of the molecule is CCOC(=O)C[C@H](NP(=O)(OC[C@H]1O[C@@H](n2cnc(C#N)c2O)[C@H](O)[C@@H]1O)Oc1ccccc1)C(=O)OC(C)C. The number of carbonyl (C=O) groups excluding carboxylic acids is 2. The molecule has 0 amide bonds. The molecule has 1 aliphatic heterocycles. The molecular weight excluding hydrogens is 551 g/mol. The van der Waals surface area contributed by atoms with E-state index in [1.807, 2.05) is 0 Å². The Morgan fingerprint density at radius 2 is 1.95 bits per heavy atom. The van der Waals surface area contributed by atoms with Crippen LogP contribution in [-0.2, 0) is 32.9 Å². The Hall–Kier alpha value is -3.51. The van der Waals surface area contributed by atoms with Crippen LogP contribution in [0.2, 0.25) is 0 Å². The first-order valence-electron chi connectivity index (χ1n) is 12.3. The summed E-state index contributed by atoms with van der Waals surface area (Å²) in [7, 11) is -4.51. The summed E-state index contributed by atoms with van der Waals surface area (Å²) in [5, 5.41) is 42.6. The van der Waals surface area contributed by atoms with Gasteiger partial charge in [-0.05, 0) is 32.9 Å². The maximum absolute atomic E-state index is 13.9. The molecule has 2 heterocycles. The highest BCUT2D eigenvalue weighted by molar-refractivity contribution is 7.52. The lowest BCUT2D eigenvalue weighted by molar-refractivity contribution is -0.154. The van der Waals surface area contributed by atoms with Gasteiger partial charge in [0.15, 0.2) is 6.23 Å². The molecule has 1 fully saturated rings. The molecule has 16 heteroatoms. The van der Waals surface area contributed by atoms with Crippen LogP contribution in [0.25, 0.3) is 0 Å². The zero-order chi connectivity index (χ0) is 29.4. The molecule has 3 rings (SSSR count). The lowest BCUT2D eigenvalue weighted by Gasteiger charge is -2.26. The summed E-state index contributed by atoms with van der Waals surface area (Å²) in [6, 6.07) is 7.99. The summed E-state index contributed by atoms with van der Waals surface area (Å²) in [5.41, 5.74) is -0.323. The molecule has 1 saturated heterocycles. The van der Waals surface area contributed by atoms with Crippen molar-refractivity contribution >= 4 is 19.7 Å². The third kappa shape index (κ3) is 7.79. The number of nitrogens with zero attached hydrogens (tertiary/aromatic N) is 3. The third-order valence-corrected chi connectivity index (χ3v) is 7.06. The third-order valence-electron chi connectivity index (χ3n) is 5.49. The van der Waals surface area contributed by atoms with Crippen molar-refractivity contribution in [1.29, 1.82) is 5.26 Å². The number of aliphatic hydroxyl groups is 2. The van der Waals surface area contributed by atoms with Crippen LogP contribution in [-0.4, -0.2) is 80.5 Å². The number of hydrogen-bond donors (Lipinski definition) is 4. The Morgan fingerprint density at radius 1 is 1.25 bits per heavy atom. The van der Waals surface area contributed by atoms with Gasteiger partial charge < -0.3 is 34.1 Å². The molecule has 0 spiro atoms. The highest BCUT2D eigenvalue weighted by Crippen LogP contribution is 2.46. The Balaban J connectivity index is 1.82. The van der Waals surface area contributed by atoms with E-state index in [1.54, 1.807) is 45.0 Å². The molecule has 40 heavy (non-hydrogen) atoms. The molecule has 2 aromatic rings. The van der Waals surface area contributed by atoms with Crippen molar-refractivity contribution in [3.8, 4) is 17.7 Å². The van der Waals surface area contributed by atoms with E-state index >= 15 is 0 Å². The average Bonchev–Trinajstić information content (AvgIpc) is 3.40. The quantitative estimate of drug-likeness (QED) is 0.193. The molecule has 4 N–H and O–H groups in total. The summed E-state index contributed by atoms with van der Waals surface area (Å²) in [6.45, 7) is 4.17. The standard InChI is InChI=1S/C24H31N4O11P/c1-4-35-19(29)10-16(24(33)37-14(2)3)27-40(34,39-15-8-6-5-7-9-15)36-12-18-20(30)21(31)23(38-18)28-13-26-17(11-25)22(28)32/h5-9,13-14,16,18,20-21,23,30-32H,4,10,12H2,1-3H3,(H,27,34)/t16-,18+,20+,21+,23+,40?/m0/s1. The van der Waals surface area contributed by atoms with E-state index in [4.69, 9.17) is 28.5 Å². The lowest BCUT2D eigenvalue weighted by Crippen LogP contribution is -2.41. The minimum atomic E-state index is -4.51. The van der Waals surface area contributed by atoms with Crippen molar-refractivity contribution in [2.24, 2.45) is 0 Å². The number of para-hydroxylation sites is 1. The fraction of sp³-hybridized carbons (Fsp3) is 0.500. The molecule has 15 nitrogen and oxygen atoms in total. The zero-order valence-electron chi connectivity index (χ0n) is 21.9. The van der Waals surface area contributed by atoms with Gasteiger partial charge in [0.1, 0.15) is 42.5 Å². The number of nitriles is 1. The summed E-state index contributed by atoms with van der Waals surface area (Å²) >= 11 is 0. The predicted octanol–water partition coefficient (Wildman–Crippen LogP) is 1.15. The van der Waals surface area contributed by atoms with Gasteiger partial charge >= 0.3 is 19.7 Å². The van der Waals surface area contributed by atoms with Gasteiger partial charge in [0, 0.05) is 0 Å². The van der Waals surface area contributed by atoms with Crippen molar-refractivity contribution in [3.63, 3.8) is 0 Å². The molecule has 0 aliphatic carbocycles. The highest BCUT2D eigenvalue weighted by atomic mass is 31.2. The van der Waals surface area contributed by atoms with Crippen LogP contribution in [0.4, 0.5) is 0 Å². The van der Waals surface area contributed by atoms with E-state index in [9.17, 15) is 29.5 Å². The van der Waals surface area contributed by atoms with E-state index in [0.717, 1.165) is 10.9 Å². The highest BCUT2D eigenvalue weighted by Gasteiger charge is 2.46. The number of nitrogens with one attached hydrogen (secondary N) is 1. The van der Waals surface area contributed by atoms with Crippen molar-refractivity contribution in [3.05, 3.63) is 42.4 Å². The molecule has 1 unspecified atom stereocenters. The first kappa shape index (κ1) is 31.0. The first-order valence-corrected chi connectivity index (χ1v) is 13.8. The minimum Gasteiger partial charge on any atom is -0.492 e. The number of aromatic nitrogens is 2. The number of hydrogen-bond acceptors (Lipinski definition) is 13. The second-order valence-electron chi connectivity index (χ2n) is 8.86. The molecule has 1 aliphatic rings. The number of carbonyl (C=O) groups is 2. The largest absolute Gasteiger partial charge is 0.492 e. The van der Waals surface area contributed by atoms with Gasteiger partial charge in [-0.25, -0.2) is 9.55 Å². The Morgan fingerprint density at radius 3 is 2.55 bits per heavy atom. The number of aliphatic hydroxyl groups excluding tert-OH is 2. The maximum Gasteiger partial charge on any atom is 0.459 e.